The van der Waals surface area contributed by atoms with E-state index in [0.717, 1.165) is 22.9 Å². The van der Waals surface area contributed by atoms with E-state index in [0.29, 0.717) is 6.54 Å². The number of carbonyl (C=O) groups excluding carboxylic acids is 1. The first-order valence-corrected chi connectivity index (χ1v) is 7.67. The molecule has 1 aromatic carbocycles. The Kier molecular flexibility index (Phi) is 6.96. The van der Waals surface area contributed by atoms with E-state index in [1.165, 1.54) is 6.08 Å². The quantitative estimate of drug-likeness (QED) is 0.748. The molecular formula is C16H22BrNO2. The number of carbonyl (C=O) groups is 1. The third-order valence-corrected chi connectivity index (χ3v) is 4.30. The summed E-state index contributed by atoms with van der Waals surface area (Å²) in [6, 6.07) is 7.74. The second-order valence-corrected chi connectivity index (χ2v) is 5.88. The van der Waals surface area contributed by atoms with E-state index in [9.17, 15) is 9.90 Å². The Labute approximate surface area is 129 Å². The molecule has 0 fully saturated rings. The molecule has 110 valence electrons. The van der Waals surface area contributed by atoms with Gasteiger partial charge in [0.25, 0.3) is 0 Å². The number of nitrogens with one attached hydrogen (secondary N) is 1. The van der Waals surface area contributed by atoms with Crippen molar-refractivity contribution in [3.8, 4) is 0 Å². The predicted molar refractivity (Wildman–Crippen MR) is 86.3 cm³/mol. The monoisotopic (exact) mass is 339 g/mol. The van der Waals surface area contributed by atoms with Crippen molar-refractivity contribution >= 4 is 27.9 Å². The molecule has 0 radical (unpaired) electrons. The summed E-state index contributed by atoms with van der Waals surface area (Å²) in [5, 5.41) is 12.3. The van der Waals surface area contributed by atoms with Crippen LogP contribution < -0.4 is 5.32 Å². The van der Waals surface area contributed by atoms with Gasteiger partial charge < -0.3 is 10.4 Å². The third-order valence-electron chi connectivity index (χ3n) is 3.77. The van der Waals surface area contributed by atoms with E-state index < -0.39 is 0 Å². The van der Waals surface area contributed by atoms with Gasteiger partial charge in [-0.05, 0) is 36.6 Å². The van der Waals surface area contributed by atoms with Gasteiger partial charge in [-0.15, -0.1) is 0 Å². The molecule has 20 heavy (non-hydrogen) atoms. The molecule has 0 spiro atoms. The SMILES string of the molecule is CCC(CC)(CO)CNC(=O)/C=C/c1ccc(Br)cc1. The summed E-state index contributed by atoms with van der Waals surface area (Å²) >= 11 is 3.37. The predicted octanol–water partition coefficient (Wildman–Crippen LogP) is 3.38. The lowest BCUT2D eigenvalue weighted by atomic mass is 9.83. The number of aliphatic hydroxyl groups excluding tert-OH is 1. The Morgan fingerprint density at radius 3 is 2.40 bits per heavy atom. The first kappa shape index (κ1) is 16.9. The number of amides is 1. The van der Waals surface area contributed by atoms with Crippen molar-refractivity contribution in [3.63, 3.8) is 0 Å². The fraction of sp³-hybridized carbons (Fsp3) is 0.438. The fourth-order valence-electron chi connectivity index (χ4n) is 1.86. The Morgan fingerprint density at radius 1 is 1.30 bits per heavy atom. The summed E-state index contributed by atoms with van der Waals surface area (Å²) in [5.74, 6) is -0.132. The van der Waals surface area contributed by atoms with Crippen LogP contribution in [0, 0.1) is 5.41 Å². The van der Waals surface area contributed by atoms with Crippen molar-refractivity contribution in [2.45, 2.75) is 26.7 Å². The number of halogens is 1. The largest absolute Gasteiger partial charge is 0.396 e. The molecule has 0 aliphatic rings. The minimum absolute atomic E-state index is 0.0940. The van der Waals surface area contributed by atoms with E-state index in [-0.39, 0.29) is 17.9 Å². The van der Waals surface area contributed by atoms with Gasteiger partial charge in [-0.1, -0.05) is 41.9 Å². The molecule has 0 bridgehead atoms. The lowest BCUT2D eigenvalue weighted by Crippen LogP contribution is -2.38. The summed E-state index contributed by atoms with van der Waals surface area (Å²) in [5.41, 5.74) is 0.768. The summed E-state index contributed by atoms with van der Waals surface area (Å²) in [7, 11) is 0. The topological polar surface area (TPSA) is 49.3 Å². The summed E-state index contributed by atoms with van der Waals surface area (Å²) in [6.07, 6.45) is 4.99. The van der Waals surface area contributed by atoms with Crippen LogP contribution in [0.2, 0.25) is 0 Å². The van der Waals surface area contributed by atoms with Gasteiger partial charge in [0.1, 0.15) is 0 Å². The molecular weight excluding hydrogens is 318 g/mol. The van der Waals surface area contributed by atoms with Gasteiger partial charge in [-0.3, -0.25) is 4.79 Å². The third kappa shape index (κ3) is 5.10. The van der Waals surface area contributed by atoms with Crippen LogP contribution >= 0.6 is 15.9 Å². The van der Waals surface area contributed by atoms with Crippen molar-refractivity contribution in [1.29, 1.82) is 0 Å². The molecule has 0 saturated heterocycles. The van der Waals surface area contributed by atoms with Crippen molar-refractivity contribution < 1.29 is 9.90 Å². The van der Waals surface area contributed by atoms with E-state index in [1.807, 2.05) is 38.1 Å². The Balaban J connectivity index is 2.53. The summed E-state index contributed by atoms with van der Waals surface area (Å²) in [6.45, 7) is 4.66. The molecule has 1 amide bonds. The van der Waals surface area contributed by atoms with Gasteiger partial charge >= 0.3 is 0 Å². The van der Waals surface area contributed by atoms with Crippen LogP contribution in [0.1, 0.15) is 32.3 Å². The number of aliphatic hydroxyl groups is 1. The van der Waals surface area contributed by atoms with E-state index >= 15 is 0 Å². The van der Waals surface area contributed by atoms with Gasteiger partial charge in [0.05, 0.1) is 6.61 Å². The van der Waals surface area contributed by atoms with Crippen LogP contribution in [0.3, 0.4) is 0 Å². The summed E-state index contributed by atoms with van der Waals surface area (Å²) in [4.78, 5) is 11.8. The van der Waals surface area contributed by atoms with Crippen LogP contribution in [-0.4, -0.2) is 24.2 Å². The average Bonchev–Trinajstić information content (AvgIpc) is 2.48. The highest BCUT2D eigenvalue weighted by Crippen LogP contribution is 2.24. The standard InChI is InChI=1S/C16H22BrNO2/c1-3-16(4-2,12-19)11-18-15(20)10-7-13-5-8-14(17)9-6-13/h5-10,19H,3-4,11-12H2,1-2H3,(H,18,20)/b10-7+. The van der Waals surface area contributed by atoms with E-state index in [1.54, 1.807) is 6.08 Å². The maximum absolute atomic E-state index is 11.8. The molecule has 1 rings (SSSR count). The molecule has 1 aromatic rings. The van der Waals surface area contributed by atoms with Gasteiger partial charge in [0.15, 0.2) is 0 Å². The maximum atomic E-state index is 11.8. The minimum Gasteiger partial charge on any atom is -0.396 e. The molecule has 2 N–H and O–H groups in total. The van der Waals surface area contributed by atoms with Crippen molar-refractivity contribution in [1.82, 2.24) is 5.32 Å². The first-order valence-electron chi connectivity index (χ1n) is 6.87. The van der Waals surface area contributed by atoms with Crippen LogP contribution in [0.5, 0.6) is 0 Å². The number of hydrogen-bond acceptors (Lipinski definition) is 2. The Morgan fingerprint density at radius 2 is 1.90 bits per heavy atom. The average molecular weight is 340 g/mol. The summed E-state index contributed by atoms with van der Waals surface area (Å²) < 4.78 is 1.01. The number of benzene rings is 1. The molecule has 0 aliphatic carbocycles. The zero-order chi connectivity index (χ0) is 15.0. The maximum Gasteiger partial charge on any atom is 0.244 e. The molecule has 0 heterocycles. The van der Waals surface area contributed by atoms with Gasteiger partial charge in [-0.25, -0.2) is 0 Å². The van der Waals surface area contributed by atoms with Crippen molar-refractivity contribution in [3.05, 3.63) is 40.4 Å². The van der Waals surface area contributed by atoms with Gasteiger partial charge in [0, 0.05) is 22.5 Å². The molecule has 0 saturated carbocycles. The smallest absolute Gasteiger partial charge is 0.244 e. The molecule has 0 unspecified atom stereocenters. The lowest BCUT2D eigenvalue weighted by Gasteiger charge is -2.29. The van der Waals surface area contributed by atoms with Gasteiger partial charge in [0.2, 0.25) is 5.91 Å². The van der Waals surface area contributed by atoms with Gasteiger partial charge in [-0.2, -0.15) is 0 Å². The molecule has 0 aliphatic heterocycles. The Hall–Kier alpha value is -1.13. The highest BCUT2D eigenvalue weighted by Gasteiger charge is 2.25. The second kappa shape index (κ2) is 8.22. The normalized spacial score (nSPS) is 11.8. The van der Waals surface area contributed by atoms with Crippen molar-refractivity contribution in [2.24, 2.45) is 5.41 Å². The molecule has 3 nitrogen and oxygen atoms in total. The molecule has 0 aromatic heterocycles. The minimum atomic E-state index is -0.207. The van der Waals surface area contributed by atoms with Crippen LogP contribution in [0.15, 0.2) is 34.8 Å². The van der Waals surface area contributed by atoms with Crippen molar-refractivity contribution in [2.75, 3.05) is 13.2 Å². The Bertz CT molecular complexity index is 442. The zero-order valence-electron chi connectivity index (χ0n) is 12.0. The highest BCUT2D eigenvalue weighted by molar-refractivity contribution is 9.10. The number of hydrogen-bond donors (Lipinski definition) is 2. The van der Waals surface area contributed by atoms with E-state index in [2.05, 4.69) is 21.2 Å². The molecule has 0 atom stereocenters. The van der Waals surface area contributed by atoms with Crippen LogP contribution in [0.4, 0.5) is 0 Å². The van der Waals surface area contributed by atoms with Crippen LogP contribution in [-0.2, 0) is 4.79 Å². The molecule has 4 heteroatoms. The van der Waals surface area contributed by atoms with Crippen LogP contribution in [0.25, 0.3) is 6.08 Å². The fourth-order valence-corrected chi connectivity index (χ4v) is 2.12. The lowest BCUT2D eigenvalue weighted by molar-refractivity contribution is -0.117. The number of rotatable bonds is 7. The first-order chi connectivity index (χ1) is 9.55. The zero-order valence-corrected chi connectivity index (χ0v) is 13.6. The van der Waals surface area contributed by atoms with E-state index in [4.69, 9.17) is 0 Å². The second-order valence-electron chi connectivity index (χ2n) is 4.97. The highest BCUT2D eigenvalue weighted by atomic mass is 79.9.